The molecule has 0 radical (unpaired) electrons. The summed E-state index contributed by atoms with van der Waals surface area (Å²) in [5, 5.41) is 9.22. The van der Waals surface area contributed by atoms with Gasteiger partial charge in [0.2, 0.25) is 0 Å². The van der Waals surface area contributed by atoms with Gasteiger partial charge in [0.1, 0.15) is 5.76 Å². The van der Waals surface area contributed by atoms with Gasteiger partial charge < -0.3 is 4.74 Å². The molecule has 0 saturated heterocycles. The Morgan fingerprint density at radius 2 is 1.91 bits per heavy atom. The van der Waals surface area contributed by atoms with Crippen LogP contribution in [0.2, 0.25) is 0 Å². The van der Waals surface area contributed by atoms with Gasteiger partial charge in [-0.15, -0.1) is 9.24 Å². The van der Waals surface area contributed by atoms with E-state index in [0.29, 0.717) is 0 Å². The molecule has 0 aliphatic heterocycles. The fourth-order valence-corrected chi connectivity index (χ4v) is 2.78. The van der Waals surface area contributed by atoms with Gasteiger partial charge in [-0.25, -0.2) is 0 Å². The maximum absolute atomic E-state index is 5.21. The second-order valence-electron chi connectivity index (χ2n) is 6.93. The maximum Gasteiger partial charge on any atom is 0.115 e. The number of aromatic amines is 1. The van der Waals surface area contributed by atoms with Gasteiger partial charge in [0.25, 0.3) is 0 Å². The quantitative estimate of drug-likeness (QED) is 0.281. The van der Waals surface area contributed by atoms with Crippen LogP contribution >= 0.6 is 9.24 Å². The minimum absolute atomic E-state index is 0.917. The van der Waals surface area contributed by atoms with Crippen LogP contribution in [0.15, 0.2) is 78.1 Å². The molecule has 3 nitrogen and oxygen atoms in total. The Kier molecular flexibility index (Phi) is 16.5. The Morgan fingerprint density at radius 3 is 2.41 bits per heavy atom. The number of nitrogens with one attached hydrogen (secondary N) is 1. The predicted molar refractivity (Wildman–Crippen MR) is 147 cm³/mol. The highest BCUT2D eigenvalue weighted by Crippen LogP contribution is 2.13. The zero-order valence-electron chi connectivity index (χ0n) is 20.9. The lowest BCUT2D eigenvalue weighted by molar-refractivity contribution is 0.305. The summed E-state index contributed by atoms with van der Waals surface area (Å²) in [4.78, 5) is 0. The first-order valence-corrected chi connectivity index (χ1v) is 11.8. The van der Waals surface area contributed by atoms with Crippen LogP contribution < -0.4 is 10.4 Å². The van der Waals surface area contributed by atoms with E-state index < -0.39 is 0 Å². The number of methoxy groups -OCH3 is 1. The smallest absolute Gasteiger partial charge is 0.115 e. The molecular weight excluding hydrogens is 411 g/mol. The first kappa shape index (κ1) is 29.4. The summed E-state index contributed by atoms with van der Waals surface area (Å²) in [5.74, 6) is 2.91. The van der Waals surface area contributed by atoms with Crippen LogP contribution in [0.5, 0.6) is 0 Å². The fourth-order valence-electron chi connectivity index (χ4n) is 2.63. The summed E-state index contributed by atoms with van der Waals surface area (Å²) in [6.45, 7) is 16.2. The SMILES string of the molecule is C=C(C)/C=c1/cc(-c2cn[nH]c2)cc/c1=C/C.CC.CC/C(C)=C/C(=CC/C=C/P)OC. The van der Waals surface area contributed by atoms with Crippen molar-refractivity contribution in [2.75, 3.05) is 7.11 Å². The molecule has 0 aliphatic rings. The lowest BCUT2D eigenvalue weighted by Gasteiger charge is -2.01. The number of aromatic nitrogens is 2. The molecule has 1 unspecified atom stereocenters. The number of nitrogens with zero attached hydrogens (tertiary/aromatic N) is 1. The zero-order valence-corrected chi connectivity index (χ0v) is 22.1. The van der Waals surface area contributed by atoms with Gasteiger partial charge in [-0.1, -0.05) is 74.7 Å². The van der Waals surface area contributed by atoms with Crippen molar-refractivity contribution in [3.63, 3.8) is 0 Å². The average molecular weight is 453 g/mol. The van der Waals surface area contributed by atoms with Gasteiger partial charge in [0.15, 0.2) is 0 Å². The lowest BCUT2D eigenvalue weighted by atomic mass is 10.1. The fraction of sp³-hybridized carbons (Fsp3) is 0.321. The second kappa shape index (κ2) is 18.0. The Morgan fingerprint density at radius 1 is 1.19 bits per heavy atom. The number of ether oxygens (including phenoxy) is 1. The van der Waals surface area contributed by atoms with Crippen LogP contribution in [0, 0.1) is 0 Å². The summed E-state index contributed by atoms with van der Waals surface area (Å²) in [6.07, 6.45) is 16.1. The van der Waals surface area contributed by atoms with E-state index in [-0.39, 0.29) is 0 Å². The third-order valence-electron chi connectivity index (χ3n) is 4.40. The minimum Gasteiger partial charge on any atom is -0.497 e. The van der Waals surface area contributed by atoms with E-state index in [1.807, 2.05) is 45.9 Å². The van der Waals surface area contributed by atoms with Gasteiger partial charge in [0.05, 0.1) is 13.3 Å². The highest BCUT2D eigenvalue weighted by molar-refractivity contribution is 7.20. The van der Waals surface area contributed by atoms with Crippen molar-refractivity contribution in [3.8, 4) is 11.1 Å². The van der Waals surface area contributed by atoms with Gasteiger partial charge in [-0.3, -0.25) is 5.10 Å². The Bertz CT molecular complexity index is 997. The summed E-state index contributed by atoms with van der Waals surface area (Å²) in [6, 6.07) is 6.39. The Hall–Kier alpha value is -2.64. The third kappa shape index (κ3) is 11.7. The molecule has 4 heteroatoms. The van der Waals surface area contributed by atoms with Crippen molar-refractivity contribution < 1.29 is 4.74 Å². The van der Waals surface area contributed by atoms with Crippen LogP contribution in [0.25, 0.3) is 23.3 Å². The minimum atomic E-state index is 0.917. The number of rotatable bonds is 7. The molecule has 1 heterocycles. The largest absolute Gasteiger partial charge is 0.497 e. The first-order valence-electron chi connectivity index (χ1n) is 11.2. The number of benzene rings is 1. The first-order chi connectivity index (χ1) is 15.4. The molecule has 174 valence electrons. The van der Waals surface area contributed by atoms with E-state index in [1.54, 1.807) is 7.11 Å². The summed E-state index contributed by atoms with van der Waals surface area (Å²) in [5.41, 5.74) is 4.65. The monoisotopic (exact) mass is 452 g/mol. The van der Waals surface area contributed by atoms with Crippen molar-refractivity contribution in [3.05, 3.63) is 88.6 Å². The number of hydrogen-bond acceptors (Lipinski definition) is 2. The van der Waals surface area contributed by atoms with Crippen molar-refractivity contribution in [1.29, 1.82) is 0 Å². The van der Waals surface area contributed by atoms with Crippen LogP contribution in [0.1, 0.15) is 54.4 Å². The van der Waals surface area contributed by atoms with E-state index in [0.717, 1.165) is 35.3 Å². The molecule has 32 heavy (non-hydrogen) atoms. The van der Waals surface area contributed by atoms with Gasteiger partial charge in [-0.2, -0.15) is 5.10 Å². The standard InChI is InChI=1S/C15H16N2.C11H19OP.C2H6/c1-4-12-5-6-13(15-9-16-17-10-15)8-14(12)7-11(2)3;1-4-10(2)9-11(12-3)7-5-6-8-13;1-2/h4-10H,2H2,1,3H3,(H,16,17);6-9H,4-5,13H2,1-3H3;1-2H3/b12-4-,14-7-;8-6+,10-9+,11-7?;. The van der Waals surface area contributed by atoms with Crippen molar-refractivity contribution in [1.82, 2.24) is 10.2 Å². The molecule has 0 amide bonds. The highest BCUT2D eigenvalue weighted by Gasteiger charge is 1.98. The molecule has 0 bridgehead atoms. The summed E-state index contributed by atoms with van der Waals surface area (Å²) < 4.78 is 5.21. The molecule has 2 rings (SSSR count). The Balaban J connectivity index is 0.000000578. The topological polar surface area (TPSA) is 37.9 Å². The van der Waals surface area contributed by atoms with Crippen LogP contribution in [-0.4, -0.2) is 17.3 Å². The third-order valence-corrected chi connectivity index (χ3v) is 4.68. The molecule has 0 saturated carbocycles. The second-order valence-corrected chi connectivity index (χ2v) is 7.31. The average Bonchev–Trinajstić information content (AvgIpc) is 3.35. The molecule has 0 aliphatic carbocycles. The van der Waals surface area contributed by atoms with Gasteiger partial charge in [0, 0.05) is 11.8 Å². The van der Waals surface area contributed by atoms with E-state index in [9.17, 15) is 0 Å². The maximum atomic E-state index is 5.21. The zero-order chi connectivity index (χ0) is 24.4. The van der Waals surface area contributed by atoms with E-state index in [2.05, 4.69) is 88.4 Å². The van der Waals surface area contributed by atoms with Crippen molar-refractivity contribution in [2.45, 2.75) is 54.4 Å². The van der Waals surface area contributed by atoms with Crippen molar-refractivity contribution >= 4 is 21.4 Å². The van der Waals surface area contributed by atoms with Crippen molar-refractivity contribution in [2.24, 2.45) is 0 Å². The molecule has 1 aromatic carbocycles. The molecule has 1 N–H and O–H groups in total. The van der Waals surface area contributed by atoms with E-state index in [1.165, 1.54) is 16.0 Å². The van der Waals surface area contributed by atoms with Crippen LogP contribution in [0.3, 0.4) is 0 Å². The number of hydrogen-bond donors (Lipinski definition) is 1. The predicted octanol–water partition coefficient (Wildman–Crippen LogP) is 6.91. The number of H-pyrrole nitrogens is 1. The van der Waals surface area contributed by atoms with E-state index in [4.69, 9.17) is 4.74 Å². The molecule has 1 atom stereocenters. The summed E-state index contributed by atoms with van der Waals surface area (Å²) >= 11 is 0. The molecular formula is C28H41N2OP. The molecule has 0 spiro atoms. The van der Waals surface area contributed by atoms with E-state index >= 15 is 0 Å². The lowest BCUT2D eigenvalue weighted by Crippen LogP contribution is -2.23. The summed E-state index contributed by atoms with van der Waals surface area (Å²) in [7, 11) is 4.26. The van der Waals surface area contributed by atoms with Crippen LogP contribution in [0.4, 0.5) is 0 Å². The normalized spacial score (nSPS) is 12.8. The highest BCUT2D eigenvalue weighted by atomic mass is 31.0. The molecule has 0 fully saturated rings. The van der Waals surface area contributed by atoms with Gasteiger partial charge >= 0.3 is 0 Å². The number of allylic oxidation sites excluding steroid dienone is 5. The molecule has 1 aromatic heterocycles. The van der Waals surface area contributed by atoms with Gasteiger partial charge in [-0.05, 0) is 67.8 Å². The van der Waals surface area contributed by atoms with Crippen LogP contribution in [-0.2, 0) is 4.74 Å². The molecule has 2 aromatic rings. The Labute approximate surface area is 197 Å².